The van der Waals surface area contributed by atoms with Gasteiger partial charge in [0.25, 0.3) is 0 Å². The van der Waals surface area contributed by atoms with Gasteiger partial charge in [0.15, 0.2) is 23.6 Å². The van der Waals surface area contributed by atoms with E-state index in [-0.39, 0.29) is 11.2 Å². The molecule has 0 radical (unpaired) electrons. The van der Waals surface area contributed by atoms with E-state index in [1.165, 1.54) is 51.4 Å². The summed E-state index contributed by atoms with van der Waals surface area (Å²) in [4.78, 5) is 25.6. The molecule has 1 atom stereocenters. The van der Waals surface area contributed by atoms with Crippen LogP contribution in [0.1, 0.15) is 95.5 Å². The van der Waals surface area contributed by atoms with Gasteiger partial charge in [0.2, 0.25) is 0 Å². The van der Waals surface area contributed by atoms with Gasteiger partial charge in [-0.3, -0.25) is 4.79 Å². The molecule has 2 aliphatic carbocycles. The maximum atomic E-state index is 11.5. The molecule has 6 heteroatoms. The Bertz CT molecular complexity index is 887. The zero-order chi connectivity index (χ0) is 21.3. The fourth-order valence-electron chi connectivity index (χ4n) is 4.96. The third-order valence-electron chi connectivity index (χ3n) is 6.88. The second kappa shape index (κ2) is 8.64. The highest BCUT2D eigenvalue weighted by Crippen LogP contribution is 2.34. The van der Waals surface area contributed by atoms with Gasteiger partial charge in [-0.1, -0.05) is 46.5 Å². The van der Waals surface area contributed by atoms with Gasteiger partial charge in [-0.25, -0.2) is 15.0 Å². The average molecular weight is 412 g/mol. The second-order valence-corrected chi connectivity index (χ2v) is 10.7. The van der Waals surface area contributed by atoms with Crippen molar-refractivity contribution in [3.05, 3.63) is 11.6 Å². The number of carbonyl (C=O) groups excluding carboxylic acids is 1. The Labute approximate surface area is 180 Å². The number of rotatable bonds is 7. The molecule has 0 spiro atoms. The quantitative estimate of drug-likeness (QED) is 0.617. The molecule has 0 amide bonds. The van der Waals surface area contributed by atoms with Gasteiger partial charge in [0, 0.05) is 19.0 Å². The number of fused-ring (bicyclic) bond motifs is 1. The molecule has 2 aromatic rings. The molecule has 0 saturated heterocycles. The van der Waals surface area contributed by atoms with E-state index < -0.39 is 0 Å². The number of anilines is 1. The van der Waals surface area contributed by atoms with Crippen LogP contribution in [-0.4, -0.2) is 31.8 Å². The lowest BCUT2D eigenvalue weighted by atomic mass is 9.80. The first kappa shape index (κ1) is 21.3. The van der Waals surface area contributed by atoms with Crippen LogP contribution >= 0.6 is 0 Å². The van der Waals surface area contributed by atoms with E-state index in [0.717, 1.165) is 36.4 Å². The summed E-state index contributed by atoms with van der Waals surface area (Å²) < 4.78 is 2.38. The molecule has 4 rings (SSSR count). The molecule has 0 bridgehead atoms. The van der Waals surface area contributed by atoms with Crippen LogP contribution in [0.3, 0.4) is 0 Å². The zero-order valence-corrected chi connectivity index (χ0v) is 19.1. The highest BCUT2D eigenvalue weighted by atomic mass is 16.1. The van der Waals surface area contributed by atoms with Crippen LogP contribution in [0.15, 0.2) is 0 Å². The lowest BCUT2D eigenvalue weighted by Gasteiger charge is -2.32. The van der Waals surface area contributed by atoms with E-state index in [2.05, 4.69) is 47.5 Å². The molecular weight excluding hydrogens is 374 g/mol. The van der Waals surface area contributed by atoms with Crippen molar-refractivity contribution in [3.8, 4) is 0 Å². The van der Waals surface area contributed by atoms with E-state index >= 15 is 0 Å². The molecule has 30 heavy (non-hydrogen) atoms. The van der Waals surface area contributed by atoms with Gasteiger partial charge >= 0.3 is 0 Å². The maximum Gasteiger partial charge on any atom is 0.196 e. The monoisotopic (exact) mass is 411 g/mol. The Hall–Kier alpha value is -1.98. The summed E-state index contributed by atoms with van der Waals surface area (Å²) in [5.74, 6) is 3.43. The van der Waals surface area contributed by atoms with Gasteiger partial charge in [0.05, 0.1) is 0 Å². The van der Waals surface area contributed by atoms with Crippen LogP contribution in [0, 0.1) is 17.3 Å². The summed E-state index contributed by atoms with van der Waals surface area (Å²) in [6.45, 7) is 9.95. The fourth-order valence-corrected chi connectivity index (χ4v) is 4.96. The first-order chi connectivity index (χ1) is 14.3. The second-order valence-electron chi connectivity index (χ2n) is 10.7. The van der Waals surface area contributed by atoms with E-state index in [9.17, 15) is 4.79 Å². The van der Waals surface area contributed by atoms with Gasteiger partial charge in [-0.2, -0.15) is 0 Å². The summed E-state index contributed by atoms with van der Waals surface area (Å²) in [5.41, 5.74) is 1.77. The Morgan fingerprint density at radius 1 is 1.07 bits per heavy atom. The van der Waals surface area contributed by atoms with Crippen molar-refractivity contribution in [1.29, 1.82) is 0 Å². The highest BCUT2D eigenvalue weighted by Gasteiger charge is 2.28. The Morgan fingerprint density at radius 2 is 1.80 bits per heavy atom. The van der Waals surface area contributed by atoms with Crippen LogP contribution in [-0.2, 0) is 13.0 Å². The Kier molecular flexibility index (Phi) is 6.12. The van der Waals surface area contributed by atoms with Crippen molar-refractivity contribution < 1.29 is 4.79 Å². The van der Waals surface area contributed by atoms with Crippen molar-refractivity contribution in [2.75, 3.05) is 5.32 Å². The van der Waals surface area contributed by atoms with Crippen molar-refractivity contribution in [2.45, 2.75) is 98.1 Å². The van der Waals surface area contributed by atoms with Crippen molar-refractivity contribution in [1.82, 2.24) is 19.5 Å². The molecule has 2 heterocycles. The lowest BCUT2D eigenvalue weighted by Crippen LogP contribution is -2.31. The molecule has 1 unspecified atom stereocenters. The number of hydrogen-bond donors (Lipinski definition) is 1. The fraction of sp³-hybridized carbons (Fsp3) is 0.750. The number of carbonyl (C=O) groups is 1. The normalized spacial score (nSPS) is 19.6. The summed E-state index contributed by atoms with van der Waals surface area (Å²) in [7, 11) is 0. The minimum Gasteiger partial charge on any atom is -0.365 e. The molecule has 164 valence electrons. The van der Waals surface area contributed by atoms with Crippen molar-refractivity contribution in [3.63, 3.8) is 0 Å². The van der Waals surface area contributed by atoms with Gasteiger partial charge in [0.1, 0.15) is 11.3 Å². The highest BCUT2D eigenvalue weighted by molar-refractivity contribution is 5.87. The molecule has 2 aliphatic rings. The molecule has 2 fully saturated rings. The number of imidazole rings is 1. The first-order valence-corrected chi connectivity index (χ1v) is 11.8. The summed E-state index contributed by atoms with van der Waals surface area (Å²) in [5, 5.41) is 3.64. The first-order valence-electron chi connectivity index (χ1n) is 11.8. The van der Waals surface area contributed by atoms with Crippen molar-refractivity contribution in [2.24, 2.45) is 17.3 Å². The van der Waals surface area contributed by atoms with Crippen LogP contribution < -0.4 is 5.32 Å². The van der Waals surface area contributed by atoms with E-state index in [4.69, 9.17) is 4.98 Å². The van der Waals surface area contributed by atoms with Crippen LogP contribution in [0.2, 0.25) is 0 Å². The third kappa shape index (κ3) is 4.68. The van der Waals surface area contributed by atoms with Gasteiger partial charge in [-0.15, -0.1) is 0 Å². The van der Waals surface area contributed by atoms with E-state index in [1.807, 2.05) is 0 Å². The maximum absolute atomic E-state index is 11.5. The van der Waals surface area contributed by atoms with Crippen LogP contribution in [0.4, 0.5) is 5.82 Å². The molecule has 2 saturated carbocycles. The number of nitrogens with one attached hydrogen (secondary N) is 1. The predicted octanol–water partition coefficient (Wildman–Crippen LogP) is 5.41. The minimum atomic E-state index is 0.124. The third-order valence-corrected chi connectivity index (χ3v) is 6.88. The molecule has 2 aromatic heterocycles. The van der Waals surface area contributed by atoms with Crippen molar-refractivity contribution >= 4 is 23.3 Å². The van der Waals surface area contributed by atoms with E-state index in [0.29, 0.717) is 23.5 Å². The number of aldehydes is 1. The smallest absolute Gasteiger partial charge is 0.196 e. The van der Waals surface area contributed by atoms with Gasteiger partial charge < -0.3 is 9.88 Å². The van der Waals surface area contributed by atoms with Crippen LogP contribution in [0.5, 0.6) is 0 Å². The summed E-state index contributed by atoms with van der Waals surface area (Å²) >= 11 is 0. The average Bonchev–Trinajstić information content (AvgIpc) is 2.96. The number of hydrogen-bond acceptors (Lipinski definition) is 5. The summed E-state index contributed by atoms with van der Waals surface area (Å²) in [6.07, 6.45) is 12.0. The zero-order valence-electron chi connectivity index (χ0n) is 19.1. The van der Waals surface area contributed by atoms with E-state index in [1.54, 1.807) is 0 Å². The SMILES string of the molecule is CC(Nc1nc(C=O)nc2nc(CC(C)(C)C)n(CC3CCCCC3)c12)C1CCC1. The van der Waals surface area contributed by atoms with Crippen LogP contribution in [0.25, 0.3) is 11.2 Å². The molecule has 1 N–H and O–H groups in total. The largest absolute Gasteiger partial charge is 0.365 e. The lowest BCUT2D eigenvalue weighted by molar-refractivity contribution is 0.111. The van der Waals surface area contributed by atoms with Gasteiger partial charge in [-0.05, 0) is 49.9 Å². The molecule has 0 aromatic carbocycles. The Morgan fingerprint density at radius 3 is 2.40 bits per heavy atom. The Balaban J connectivity index is 1.77. The number of nitrogens with zero attached hydrogens (tertiary/aromatic N) is 4. The topological polar surface area (TPSA) is 72.7 Å². The summed E-state index contributed by atoms with van der Waals surface area (Å²) in [6, 6.07) is 0.334. The predicted molar refractivity (Wildman–Crippen MR) is 121 cm³/mol. The molecule has 6 nitrogen and oxygen atoms in total. The standard InChI is InChI=1S/C24H37N5O/c1-16(18-11-8-12-18)25-22-21-23(27-19(15-30)26-22)28-20(13-24(2,3)4)29(21)14-17-9-6-5-7-10-17/h15-18H,5-14H2,1-4H3,(H,25,26,27). The minimum absolute atomic E-state index is 0.124. The number of aromatic nitrogens is 4. The molecule has 0 aliphatic heterocycles. The molecular formula is C24H37N5O.